The fraction of sp³-hybridized carbons (Fsp3) is 0.222. The summed E-state index contributed by atoms with van der Waals surface area (Å²) in [4.78, 5) is 0. The van der Waals surface area contributed by atoms with Gasteiger partial charge in [-0.25, -0.2) is 0 Å². The van der Waals surface area contributed by atoms with Gasteiger partial charge in [0.2, 0.25) is 0 Å². The highest BCUT2D eigenvalue weighted by Gasteiger charge is 2.08. The molecule has 0 aliphatic rings. The van der Waals surface area contributed by atoms with Gasteiger partial charge in [0.15, 0.2) is 0 Å². The molecule has 1 aromatic heterocycles. The van der Waals surface area contributed by atoms with Crippen molar-refractivity contribution >= 4 is 10.9 Å². The number of fused-ring (bicyclic) bond motifs is 1. The van der Waals surface area contributed by atoms with E-state index in [4.69, 9.17) is 10.5 Å². The first-order valence-electron chi connectivity index (χ1n) is 7.30. The van der Waals surface area contributed by atoms with Crippen molar-refractivity contribution in [2.24, 2.45) is 5.73 Å². The summed E-state index contributed by atoms with van der Waals surface area (Å²) in [6, 6.07) is 18.5. The fourth-order valence-corrected chi connectivity index (χ4v) is 2.67. The molecule has 0 unspecified atom stereocenters. The molecule has 0 fully saturated rings. The number of benzene rings is 2. The van der Waals surface area contributed by atoms with Crippen LogP contribution in [-0.4, -0.2) is 4.57 Å². The van der Waals surface area contributed by atoms with Gasteiger partial charge < -0.3 is 15.0 Å². The van der Waals surface area contributed by atoms with Crippen molar-refractivity contribution < 1.29 is 4.74 Å². The number of para-hydroxylation sites is 1. The second-order valence-corrected chi connectivity index (χ2v) is 5.08. The first kappa shape index (κ1) is 13.7. The molecular formula is C18H20N2O. The van der Waals surface area contributed by atoms with Gasteiger partial charge >= 0.3 is 0 Å². The maximum Gasteiger partial charge on any atom is 0.128 e. The third kappa shape index (κ3) is 2.78. The number of hydrogen-bond acceptors (Lipinski definition) is 2. The van der Waals surface area contributed by atoms with E-state index in [1.807, 2.05) is 30.3 Å². The van der Waals surface area contributed by atoms with E-state index in [2.05, 4.69) is 35.8 Å². The minimum atomic E-state index is 0.573. The molecule has 0 atom stereocenters. The molecule has 2 aromatic carbocycles. The average molecular weight is 280 g/mol. The van der Waals surface area contributed by atoms with E-state index in [0.717, 1.165) is 17.9 Å². The lowest BCUT2D eigenvalue weighted by Crippen LogP contribution is -2.04. The second kappa shape index (κ2) is 6.02. The summed E-state index contributed by atoms with van der Waals surface area (Å²) in [6.07, 6.45) is 0. The number of rotatable bonds is 5. The number of aryl methyl sites for hydroxylation is 1. The number of nitrogens with zero attached hydrogens (tertiary/aromatic N) is 1. The molecule has 0 saturated carbocycles. The van der Waals surface area contributed by atoms with Gasteiger partial charge in [0.05, 0.1) is 5.69 Å². The van der Waals surface area contributed by atoms with Crippen molar-refractivity contribution in [3.63, 3.8) is 0 Å². The van der Waals surface area contributed by atoms with Crippen LogP contribution in [0, 0.1) is 0 Å². The molecule has 3 nitrogen and oxygen atoms in total. The summed E-state index contributed by atoms with van der Waals surface area (Å²) in [5, 5.41) is 1.23. The van der Waals surface area contributed by atoms with Crippen LogP contribution in [0.15, 0.2) is 54.6 Å². The lowest BCUT2D eigenvalue weighted by Gasteiger charge is -2.09. The zero-order valence-electron chi connectivity index (χ0n) is 12.3. The molecular weight excluding hydrogens is 260 g/mol. The average Bonchev–Trinajstić information content (AvgIpc) is 2.90. The van der Waals surface area contributed by atoms with Gasteiger partial charge in [-0.2, -0.15) is 0 Å². The Morgan fingerprint density at radius 2 is 1.86 bits per heavy atom. The standard InChI is InChI=1S/C18H20N2O/c1-2-20-16(13-21-17-6-4-3-5-7-17)11-15-10-14(12-19)8-9-18(15)20/h3-11H,2,12-13,19H2,1H3. The molecule has 3 heteroatoms. The van der Waals surface area contributed by atoms with Crippen LogP contribution in [0.1, 0.15) is 18.2 Å². The third-order valence-electron chi connectivity index (χ3n) is 3.73. The van der Waals surface area contributed by atoms with Crippen molar-refractivity contribution in [1.29, 1.82) is 0 Å². The van der Waals surface area contributed by atoms with Gasteiger partial charge in [-0.3, -0.25) is 0 Å². The van der Waals surface area contributed by atoms with E-state index >= 15 is 0 Å². The van der Waals surface area contributed by atoms with Crippen LogP contribution in [-0.2, 0) is 19.7 Å². The highest BCUT2D eigenvalue weighted by molar-refractivity contribution is 5.82. The number of ether oxygens (including phenoxy) is 1. The summed E-state index contributed by atoms with van der Waals surface area (Å²) in [5.41, 5.74) is 9.30. The molecule has 0 radical (unpaired) electrons. The van der Waals surface area contributed by atoms with Crippen molar-refractivity contribution in [2.45, 2.75) is 26.6 Å². The molecule has 21 heavy (non-hydrogen) atoms. The largest absolute Gasteiger partial charge is 0.487 e. The normalized spacial score (nSPS) is 11.0. The number of nitrogens with two attached hydrogens (primary N) is 1. The van der Waals surface area contributed by atoms with Crippen LogP contribution in [0.5, 0.6) is 5.75 Å². The Morgan fingerprint density at radius 3 is 2.57 bits per heavy atom. The molecule has 3 aromatic rings. The zero-order valence-corrected chi connectivity index (χ0v) is 12.3. The van der Waals surface area contributed by atoms with Crippen LogP contribution in [0.4, 0.5) is 0 Å². The van der Waals surface area contributed by atoms with Gasteiger partial charge in [-0.05, 0) is 42.8 Å². The molecule has 0 bridgehead atoms. The van der Waals surface area contributed by atoms with E-state index in [0.29, 0.717) is 13.2 Å². The second-order valence-electron chi connectivity index (χ2n) is 5.08. The fourth-order valence-electron chi connectivity index (χ4n) is 2.67. The molecule has 3 rings (SSSR count). The minimum absolute atomic E-state index is 0.573. The maximum atomic E-state index is 5.88. The van der Waals surface area contributed by atoms with Gasteiger partial charge in [0.1, 0.15) is 12.4 Å². The molecule has 0 saturated heterocycles. The van der Waals surface area contributed by atoms with Gasteiger partial charge in [-0.15, -0.1) is 0 Å². The summed E-state index contributed by atoms with van der Waals surface area (Å²) in [7, 11) is 0. The van der Waals surface area contributed by atoms with Gasteiger partial charge in [0.25, 0.3) is 0 Å². The highest BCUT2D eigenvalue weighted by atomic mass is 16.5. The summed E-state index contributed by atoms with van der Waals surface area (Å²) in [5.74, 6) is 0.896. The summed E-state index contributed by atoms with van der Waals surface area (Å²) >= 11 is 0. The Morgan fingerprint density at radius 1 is 1.05 bits per heavy atom. The van der Waals surface area contributed by atoms with Crippen molar-refractivity contribution in [2.75, 3.05) is 0 Å². The summed E-state index contributed by atoms with van der Waals surface area (Å²) in [6.45, 7) is 4.23. The topological polar surface area (TPSA) is 40.2 Å². The molecule has 0 spiro atoms. The van der Waals surface area contributed by atoms with Crippen LogP contribution in [0.3, 0.4) is 0 Å². The Bertz CT molecular complexity index is 732. The zero-order chi connectivity index (χ0) is 14.7. The van der Waals surface area contributed by atoms with Crippen molar-refractivity contribution in [1.82, 2.24) is 4.57 Å². The third-order valence-corrected chi connectivity index (χ3v) is 3.73. The molecule has 2 N–H and O–H groups in total. The van der Waals surface area contributed by atoms with Crippen molar-refractivity contribution in [3.05, 3.63) is 65.9 Å². The molecule has 0 aliphatic carbocycles. The highest BCUT2D eigenvalue weighted by Crippen LogP contribution is 2.23. The Labute approximate surface area is 125 Å². The first-order chi connectivity index (χ1) is 10.3. The van der Waals surface area contributed by atoms with E-state index in [1.54, 1.807) is 0 Å². The Kier molecular flexibility index (Phi) is 3.93. The van der Waals surface area contributed by atoms with E-state index < -0.39 is 0 Å². The van der Waals surface area contributed by atoms with Gasteiger partial charge in [0, 0.05) is 24.0 Å². The summed E-state index contributed by atoms with van der Waals surface area (Å²) < 4.78 is 8.17. The van der Waals surface area contributed by atoms with Crippen LogP contribution < -0.4 is 10.5 Å². The maximum absolute atomic E-state index is 5.88. The van der Waals surface area contributed by atoms with E-state index in [9.17, 15) is 0 Å². The van der Waals surface area contributed by atoms with Crippen LogP contribution in [0.2, 0.25) is 0 Å². The van der Waals surface area contributed by atoms with Crippen molar-refractivity contribution in [3.8, 4) is 5.75 Å². The van der Waals surface area contributed by atoms with Gasteiger partial charge in [-0.1, -0.05) is 24.3 Å². The van der Waals surface area contributed by atoms with E-state index in [-0.39, 0.29) is 0 Å². The lowest BCUT2D eigenvalue weighted by atomic mass is 10.1. The predicted octanol–water partition coefficient (Wildman–Crippen LogP) is 3.70. The molecule has 0 aliphatic heterocycles. The van der Waals surface area contributed by atoms with Crippen LogP contribution in [0.25, 0.3) is 10.9 Å². The number of hydrogen-bond donors (Lipinski definition) is 1. The smallest absolute Gasteiger partial charge is 0.128 e. The molecule has 108 valence electrons. The van der Waals surface area contributed by atoms with Crippen LogP contribution >= 0.6 is 0 Å². The monoisotopic (exact) mass is 280 g/mol. The Balaban J connectivity index is 1.90. The Hall–Kier alpha value is -2.26. The predicted molar refractivity (Wildman–Crippen MR) is 86.3 cm³/mol. The molecule has 1 heterocycles. The molecule has 0 amide bonds. The SMILES string of the molecule is CCn1c(COc2ccccc2)cc2cc(CN)ccc21. The lowest BCUT2D eigenvalue weighted by molar-refractivity contribution is 0.296. The number of aromatic nitrogens is 1. The minimum Gasteiger partial charge on any atom is -0.487 e. The first-order valence-corrected chi connectivity index (χ1v) is 7.30. The van der Waals surface area contributed by atoms with E-state index in [1.165, 1.54) is 16.6 Å². The quantitative estimate of drug-likeness (QED) is 0.774.